The van der Waals surface area contributed by atoms with Crippen molar-refractivity contribution in [3.8, 4) is 5.75 Å². The minimum Gasteiger partial charge on any atom is -0.493 e. The van der Waals surface area contributed by atoms with E-state index in [0.717, 1.165) is 30.2 Å². The van der Waals surface area contributed by atoms with Gasteiger partial charge in [0, 0.05) is 17.4 Å². The first kappa shape index (κ1) is 13.5. The molecular weight excluding hydrogens is 270 g/mol. The molecule has 20 heavy (non-hydrogen) atoms. The Hall–Kier alpha value is -1.51. The van der Waals surface area contributed by atoms with Crippen LogP contribution in [0.3, 0.4) is 0 Å². The summed E-state index contributed by atoms with van der Waals surface area (Å²) in [4.78, 5) is 0. The van der Waals surface area contributed by atoms with Gasteiger partial charge in [-0.05, 0) is 41.8 Å². The van der Waals surface area contributed by atoms with Gasteiger partial charge in [-0.2, -0.15) is 0 Å². The Morgan fingerprint density at radius 1 is 1.20 bits per heavy atom. The lowest BCUT2D eigenvalue weighted by molar-refractivity contribution is 0.352. The molecule has 2 N–H and O–H groups in total. The zero-order valence-corrected chi connectivity index (χ0v) is 12.1. The maximum absolute atomic E-state index is 6.21. The molecule has 1 aliphatic rings. The Balaban J connectivity index is 1.91. The van der Waals surface area contributed by atoms with Crippen LogP contribution in [0.25, 0.3) is 0 Å². The standard InChI is InChI=1S/C17H18ClNO/c18-16-9-13-6-7-20-17(13)14(10-16)8-15(11-19)12-4-2-1-3-5-12/h1-5,9-10,15H,6-8,11,19H2. The average Bonchev–Trinajstić information content (AvgIpc) is 2.93. The van der Waals surface area contributed by atoms with Crippen molar-refractivity contribution >= 4 is 11.6 Å². The van der Waals surface area contributed by atoms with Crippen LogP contribution in [0.4, 0.5) is 0 Å². The van der Waals surface area contributed by atoms with Gasteiger partial charge in [-0.1, -0.05) is 41.9 Å². The lowest BCUT2D eigenvalue weighted by Gasteiger charge is -2.17. The van der Waals surface area contributed by atoms with E-state index < -0.39 is 0 Å². The molecular formula is C17H18ClNO. The molecule has 1 heterocycles. The lowest BCUT2D eigenvalue weighted by atomic mass is 9.91. The first-order chi connectivity index (χ1) is 9.78. The molecule has 0 spiro atoms. The van der Waals surface area contributed by atoms with Crippen LogP contribution in [-0.4, -0.2) is 13.2 Å². The molecule has 3 rings (SSSR count). The van der Waals surface area contributed by atoms with Crippen molar-refractivity contribution in [3.63, 3.8) is 0 Å². The largest absolute Gasteiger partial charge is 0.493 e. The number of benzene rings is 2. The van der Waals surface area contributed by atoms with Gasteiger partial charge in [0.05, 0.1) is 6.61 Å². The molecule has 104 valence electrons. The zero-order chi connectivity index (χ0) is 13.9. The molecule has 0 fully saturated rings. The summed E-state index contributed by atoms with van der Waals surface area (Å²) in [6.07, 6.45) is 1.81. The quantitative estimate of drug-likeness (QED) is 0.933. The second-order valence-electron chi connectivity index (χ2n) is 5.20. The number of hydrogen-bond donors (Lipinski definition) is 1. The number of fused-ring (bicyclic) bond motifs is 1. The predicted octanol–water partition coefficient (Wildman–Crippen LogP) is 3.56. The fraction of sp³-hybridized carbons (Fsp3) is 0.294. The summed E-state index contributed by atoms with van der Waals surface area (Å²) in [5.41, 5.74) is 9.62. The molecule has 2 nitrogen and oxygen atoms in total. The van der Waals surface area contributed by atoms with E-state index in [9.17, 15) is 0 Å². The molecule has 1 atom stereocenters. The number of halogens is 1. The molecule has 0 aliphatic carbocycles. The summed E-state index contributed by atoms with van der Waals surface area (Å²) in [6, 6.07) is 14.4. The van der Waals surface area contributed by atoms with Gasteiger partial charge < -0.3 is 10.5 Å². The van der Waals surface area contributed by atoms with Crippen molar-refractivity contribution < 1.29 is 4.74 Å². The topological polar surface area (TPSA) is 35.2 Å². The van der Waals surface area contributed by atoms with Gasteiger partial charge in [0.1, 0.15) is 5.75 Å². The van der Waals surface area contributed by atoms with Crippen LogP contribution < -0.4 is 10.5 Å². The van der Waals surface area contributed by atoms with Crippen LogP contribution in [0.1, 0.15) is 22.6 Å². The summed E-state index contributed by atoms with van der Waals surface area (Å²) < 4.78 is 5.77. The van der Waals surface area contributed by atoms with Crippen LogP contribution in [0.2, 0.25) is 5.02 Å². The molecule has 0 bridgehead atoms. The Labute approximate surface area is 124 Å². The minimum absolute atomic E-state index is 0.294. The predicted molar refractivity (Wildman–Crippen MR) is 82.6 cm³/mol. The Morgan fingerprint density at radius 3 is 2.75 bits per heavy atom. The second kappa shape index (κ2) is 5.86. The molecule has 0 aromatic heterocycles. The van der Waals surface area contributed by atoms with Crippen LogP contribution in [0, 0.1) is 0 Å². The van der Waals surface area contributed by atoms with E-state index in [1.807, 2.05) is 18.2 Å². The maximum Gasteiger partial charge on any atom is 0.125 e. The summed E-state index contributed by atoms with van der Waals surface area (Å²) in [5, 5.41) is 0.785. The van der Waals surface area contributed by atoms with E-state index in [2.05, 4.69) is 24.3 Å². The van der Waals surface area contributed by atoms with E-state index in [1.165, 1.54) is 16.7 Å². The fourth-order valence-electron chi connectivity index (χ4n) is 2.83. The molecule has 0 saturated heterocycles. The summed E-state index contributed by atoms with van der Waals surface area (Å²) in [5.74, 6) is 1.31. The molecule has 1 aliphatic heterocycles. The highest BCUT2D eigenvalue weighted by Gasteiger charge is 2.20. The first-order valence-corrected chi connectivity index (χ1v) is 7.35. The molecule has 0 saturated carbocycles. The molecule has 2 aromatic rings. The Morgan fingerprint density at radius 2 is 2.00 bits per heavy atom. The average molecular weight is 288 g/mol. The third-order valence-corrected chi connectivity index (χ3v) is 4.07. The first-order valence-electron chi connectivity index (χ1n) is 6.97. The van der Waals surface area contributed by atoms with Crippen LogP contribution in [0.15, 0.2) is 42.5 Å². The Kier molecular flexibility index (Phi) is 3.95. The third-order valence-electron chi connectivity index (χ3n) is 3.85. The van der Waals surface area contributed by atoms with Crippen LogP contribution in [0.5, 0.6) is 5.75 Å². The number of hydrogen-bond acceptors (Lipinski definition) is 2. The molecule has 0 radical (unpaired) electrons. The summed E-state index contributed by atoms with van der Waals surface area (Å²) in [7, 11) is 0. The van der Waals surface area contributed by atoms with E-state index >= 15 is 0 Å². The molecule has 0 amide bonds. The van der Waals surface area contributed by atoms with Gasteiger partial charge in [0.15, 0.2) is 0 Å². The van der Waals surface area contributed by atoms with Gasteiger partial charge in [-0.15, -0.1) is 0 Å². The Bertz CT molecular complexity index is 597. The number of ether oxygens (including phenoxy) is 1. The third kappa shape index (κ3) is 2.67. The van der Waals surface area contributed by atoms with Crippen molar-refractivity contribution in [1.29, 1.82) is 0 Å². The minimum atomic E-state index is 0.294. The van der Waals surface area contributed by atoms with Gasteiger partial charge in [-0.3, -0.25) is 0 Å². The normalized spacial score (nSPS) is 14.7. The van der Waals surface area contributed by atoms with Crippen molar-refractivity contribution in [2.45, 2.75) is 18.8 Å². The maximum atomic E-state index is 6.21. The SMILES string of the molecule is NCC(Cc1cc(Cl)cc2c1OCC2)c1ccccc1. The van der Waals surface area contributed by atoms with E-state index in [-0.39, 0.29) is 0 Å². The number of nitrogens with two attached hydrogens (primary N) is 1. The lowest BCUT2D eigenvalue weighted by Crippen LogP contribution is -2.15. The van der Waals surface area contributed by atoms with Gasteiger partial charge in [0.2, 0.25) is 0 Å². The molecule has 3 heteroatoms. The number of rotatable bonds is 4. The molecule has 2 aromatic carbocycles. The smallest absolute Gasteiger partial charge is 0.125 e. The van der Waals surface area contributed by atoms with E-state index in [0.29, 0.717) is 12.5 Å². The monoisotopic (exact) mass is 287 g/mol. The van der Waals surface area contributed by atoms with Gasteiger partial charge in [0.25, 0.3) is 0 Å². The summed E-state index contributed by atoms with van der Waals surface area (Å²) in [6.45, 7) is 1.37. The highest BCUT2D eigenvalue weighted by Crippen LogP contribution is 2.35. The highest BCUT2D eigenvalue weighted by atomic mass is 35.5. The van der Waals surface area contributed by atoms with Gasteiger partial charge >= 0.3 is 0 Å². The van der Waals surface area contributed by atoms with Crippen LogP contribution >= 0.6 is 11.6 Å². The zero-order valence-electron chi connectivity index (χ0n) is 11.3. The second-order valence-corrected chi connectivity index (χ2v) is 5.64. The van der Waals surface area contributed by atoms with Crippen LogP contribution in [-0.2, 0) is 12.8 Å². The van der Waals surface area contributed by atoms with Crippen molar-refractivity contribution in [1.82, 2.24) is 0 Å². The van der Waals surface area contributed by atoms with Crippen molar-refractivity contribution in [2.24, 2.45) is 5.73 Å². The van der Waals surface area contributed by atoms with E-state index in [1.54, 1.807) is 0 Å². The van der Waals surface area contributed by atoms with E-state index in [4.69, 9.17) is 22.1 Å². The van der Waals surface area contributed by atoms with Gasteiger partial charge in [-0.25, -0.2) is 0 Å². The fourth-order valence-corrected chi connectivity index (χ4v) is 3.09. The van der Waals surface area contributed by atoms with Crippen molar-refractivity contribution in [3.05, 3.63) is 64.2 Å². The molecule has 1 unspecified atom stereocenters. The summed E-state index contributed by atoms with van der Waals surface area (Å²) >= 11 is 6.21. The highest BCUT2D eigenvalue weighted by molar-refractivity contribution is 6.30. The van der Waals surface area contributed by atoms with Crippen molar-refractivity contribution in [2.75, 3.05) is 13.2 Å².